The van der Waals surface area contributed by atoms with Gasteiger partial charge in [0.25, 0.3) is 0 Å². The lowest BCUT2D eigenvalue weighted by molar-refractivity contribution is -0.721. The third-order valence-corrected chi connectivity index (χ3v) is 8.53. The molecule has 1 spiro atoms. The maximum atomic E-state index is 6.70. The van der Waals surface area contributed by atoms with E-state index in [1.807, 2.05) is 0 Å². The van der Waals surface area contributed by atoms with Gasteiger partial charge in [-0.2, -0.15) is 4.57 Å². The van der Waals surface area contributed by atoms with Gasteiger partial charge in [0.1, 0.15) is 29.7 Å². The van der Waals surface area contributed by atoms with E-state index in [2.05, 4.69) is 106 Å². The highest BCUT2D eigenvalue weighted by molar-refractivity contribution is 6.25. The van der Waals surface area contributed by atoms with E-state index < -0.39 is 5.66 Å². The summed E-state index contributed by atoms with van der Waals surface area (Å²) in [5, 5.41) is 9.01. The predicted octanol–water partition coefficient (Wildman–Crippen LogP) is 5.40. The molecule has 0 N–H and O–H groups in total. The fourth-order valence-corrected chi connectivity index (χ4v) is 7.43. The first-order valence-electron chi connectivity index (χ1n) is 11.8. The maximum absolute atomic E-state index is 6.70. The van der Waals surface area contributed by atoms with E-state index in [-0.39, 0.29) is 0 Å². The molecular formula is C30H17N3O+2. The van der Waals surface area contributed by atoms with Crippen LogP contribution in [-0.4, -0.2) is 4.57 Å². The average molecular weight is 435 g/mol. The zero-order valence-corrected chi connectivity index (χ0v) is 18.3. The van der Waals surface area contributed by atoms with Crippen molar-refractivity contribution in [2.45, 2.75) is 5.66 Å². The van der Waals surface area contributed by atoms with Crippen molar-refractivity contribution in [1.29, 1.82) is 0 Å². The molecule has 156 valence electrons. The maximum Gasteiger partial charge on any atom is 0.309 e. The van der Waals surface area contributed by atoms with Gasteiger partial charge in [-0.15, -0.1) is 0 Å². The lowest BCUT2D eigenvalue weighted by atomic mass is 9.85. The highest BCUT2D eigenvalue weighted by atomic mass is 16.5. The van der Waals surface area contributed by atoms with Crippen LogP contribution in [0.3, 0.4) is 0 Å². The molecule has 7 aromatic rings. The van der Waals surface area contributed by atoms with Gasteiger partial charge in [0, 0.05) is 34.5 Å². The summed E-state index contributed by atoms with van der Waals surface area (Å²) < 4.78 is 14.0. The number of ether oxygens (including phenoxy) is 1. The molecule has 0 saturated heterocycles. The molecule has 6 heterocycles. The van der Waals surface area contributed by atoms with E-state index in [1.54, 1.807) is 0 Å². The molecule has 4 aromatic carbocycles. The van der Waals surface area contributed by atoms with Crippen LogP contribution in [0.1, 0.15) is 11.1 Å². The third-order valence-electron chi connectivity index (χ3n) is 8.53. The Kier molecular flexibility index (Phi) is 2.27. The van der Waals surface area contributed by atoms with E-state index in [1.165, 1.54) is 65.4 Å². The number of rotatable bonds is 0. The molecule has 1 unspecified atom stereocenters. The molecule has 3 aromatic heterocycles. The average Bonchev–Trinajstić information content (AvgIpc) is 3.52. The number of aromatic nitrogens is 3. The van der Waals surface area contributed by atoms with E-state index in [9.17, 15) is 0 Å². The monoisotopic (exact) mass is 435 g/mol. The van der Waals surface area contributed by atoms with Crippen molar-refractivity contribution in [3.05, 3.63) is 96.4 Å². The van der Waals surface area contributed by atoms with Crippen molar-refractivity contribution in [2.75, 3.05) is 0 Å². The molecule has 4 heteroatoms. The van der Waals surface area contributed by atoms with E-state index in [4.69, 9.17) is 4.74 Å². The first-order valence-corrected chi connectivity index (χ1v) is 11.8. The van der Waals surface area contributed by atoms with Crippen molar-refractivity contribution >= 4 is 54.3 Å². The molecule has 34 heavy (non-hydrogen) atoms. The van der Waals surface area contributed by atoms with Crippen molar-refractivity contribution in [2.24, 2.45) is 7.05 Å². The van der Waals surface area contributed by atoms with Crippen molar-refractivity contribution in [3.63, 3.8) is 0 Å². The Hall–Kier alpha value is -4.44. The van der Waals surface area contributed by atoms with Crippen LogP contribution in [0.4, 0.5) is 0 Å². The quantitative estimate of drug-likeness (QED) is 0.231. The summed E-state index contributed by atoms with van der Waals surface area (Å²) in [6, 6.07) is 24.4. The molecule has 0 aliphatic carbocycles. The summed E-state index contributed by atoms with van der Waals surface area (Å²) in [5.41, 5.74) is 5.89. The van der Waals surface area contributed by atoms with Gasteiger partial charge in [0.05, 0.1) is 21.7 Å². The number of fused-ring (bicyclic) bond motifs is 3. The Morgan fingerprint density at radius 3 is 2.47 bits per heavy atom. The molecule has 1 atom stereocenters. The fourth-order valence-electron chi connectivity index (χ4n) is 7.43. The molecule has 0 fully saturated rings. The lowest BCUT2D eigenvalue weighted by Gasteiger charge is -2.32. The Morgan fingerprint density at radius 2 is 1.53 bits per heavy atom. The first kappa shape index (κ1) is 16.2. The largest absolute Gasteiger partial charge is 0.456 e. The third kappa shape index (κ3) is 1.36. The predicted molar refractivity (Wildman–Crippen MR) is 131 cm³/mol. The molecule has 0 saturated carbocycles. The lowest BCUT2D eigenvalue weighted by Crippen LogP contribution is -2.59. The minimum atomic E-state index is -0.496. The summed E-state index contributed by atoms with van der Waals surface area (Å²) in [7, 11) is 2.15. The second-order valence-electron chi connectivity index (χ2n) is 9.88. The molecule has 0 amide bonds. The molecule has 10 rings (SSSR count). The molecule has 3 aliphatic heterocycles. The van der Waals surface area contributed by atoms with E-state index in [0.717, 1.165) is 11.5 Å². The number of aryl methyl sites for hydroxylation is 1. The van der Waals surface area contributed by atoms with Gasteiger partial charge in [-0.05, 0) is 41.8 Å². The number of benzene rings is 4. The minimum absolute atomic E-state index is 0.496. The summed E-state index contributed by atoms with van der Waals surface area (Å²) >= 11 is 0. The molecule has 3 aliphatic rings. The van der Waals surface area contributed by atoms with Crippen LogP contribution in [0.5, 0.6) is 11.5 Å². The number of pyridine rings is 2. The first-order chi connectivity index (χ1) is 16.8. The van der Waals surface area contributed by atoms with Gasteiger partial charge >= 0.3 is 5.66 Å². The molecule has 4 nitrogen and oxygen atoms in total. The number of hydrogen-bond donors (Lipinski definition) is 0. The molecular weight excluding hydrogens is 418 g/mol. The smallest absolute Gasteiger partial charge is 0.309 e. The fraction of sp³-hybridized carbons (Fsp3) is 0.0667. The van der Waals surface area contributed by atoms with E-state index >= 15 is 0 Å². The van der Waals surface area contributed by atoms with Gasteiger partial charge in [-0.3, -0.25) is 4.57 Å². The molecule has 0 radical (unpaired) electrons. The van der Waals surface area contributed by atoms with E-state index in [0.29, 0.717) is 0 Å². The second kappa shape index (κ2) is 4.75. The Bertz CT molecular complexity index is 2170. The topological polar surface area (TPSA) is 21.9 Å². The number of nitrogens with zero attached hydrogens (tertiary/aromatic N) is 3. The van der Waals surface area contributed by atoms with Gasteiger partial charge < -0.3 is 4.74 Å². The molecule has 0 bridgehead atoms. The Labute approximate surface area is 193 Å². The van der Waals surface area contributed by atoms with Crippen LogP contribution >= 0.6 is 0 Å². The van der Waals surface area contributed by atoms with Crippen LogP contribution in [0.2, 0.25) is 0 Å². The standard InChI is InChI=1S/C30H17N3O/c1-31-15-12-19-18-5-3-14-33-29(18)24-20(28(19)31)9-11-22-26(24)30(33)25-21(34-22)10-8-16-6-7-17-4-2-13-32(30)27(17)23(16)25/h2-15H,1H3/q+2. The minimum Gasteiger partial charge on any atom is -0.456 e. The summed E-state index contributed by atoms with van der Waals surface area (Å²) in [6.07, 6.45) is 6.71. The normalized spacial score (nSPS) is 18.5. The number of hydrogen-bond acceptors (Lipinski definition) is 1. The van der Waals surface area contributed by atoms with Crippen LogP contribution in [0, 0.1) is 0 Å². The van der Waals surface area contributed by atoms with Gasteiger partial charge in [-0.25, -0.2) is 4.57 Å². The van der Waals surface area contributed by atoms with Gasteiger partial charge in [-0.1, -0.05) is 18.2 Å². The zero-order chi connectivity index (χ0) is 21.9. The van der Waals surface area contributed by atoms with Crippen LogP contribution < -0.4 is 13.9 Å². The van der Waals surface area contributed by atoms with Crippen LogP contribution in [0.15, 0.2) is 85.3 Å². The van der Waals surface area contributed by atoms with Crippen LogP contribution in [-0.2, 0) is 12.7 Å². The zero-order valence-electron chi connectivity index (χ0n) is 18.3. The van der Waals surface area contributed by atoms with Crippen LogP contribution in [0.25, 0.3) is 54.3 Å². The Morgan fingerprint density at radius 1 is 0.706 bits per heavy atom. The highest BCUT2D eigenvalue weighted by Gasteiger charge is 2.62. The van der Waals surface area contributed by atoms with Crippen molar-refractivity contribution in [1.82, 2.24) is 4.57 Å². The SMILES string of the molecule is C[n+]1ccc2c3cccn4c3c3c5c(ccc3c21)Oc1ccc2ccc3ccc[n+]6c3c2c1C546. The Balaban J connectivity index is 1.60. The van der Waals surface area contributed by atoms with Gasteiger partial charge in [0.15, 0.2) is 12.4 Å². The summed E-state index contributed by atoms with van der Waals surface area (Å²) in [6.45, 7) is 0. The van der Waals surface area contributed by atoms with Crippen molar-refractivity contribution < 1.29 is 13.9 Å². The summed E-state index contributed by atoms with van der Waals surface area (Å²) in [5.74, 6) is 1.91. The summed E-state index contributed by atoms with van der Waals surface area (Å²) in [4.78, 5) is 0. The van der Waals surface area contributed by atoms with Gasteiger partial charge in [0.2, 0.25) is 11.0 Å². The highest BCUT2D eigenvalue weighted by Crippen LogP contribution is 2.60. The second-order valence-corrected chi connectivity index (χ2v) is 9.88. The van der Waals surface area contributed by atoms with Crippen molar-refractivity contribution in [3.8, 4) is 11.5 Å².